The summed E-state index contributed by atoms with van der Waals surface area (Å²) in [4.78, 5) is 16.9. The molecule has 0 radical (unpaired) electrons. The van der Waals surface area contributed by atoms with Gasteiger partial charge < -0.3 is 0 Å². The lowest BCUT2D eigenvalue weighted by Crippen LogP contribution is -2.35. The maximum Gasteiger partial charge on any atom is 0.249 e. The molecule has 86 valence electrons. The first-order valence-corrected chi connectivity index (χ1v) is 5.61. The molecule has 2 rings (SSSR count). The van der Waals surface area contributed by atoms with Crippen LogP contribution in [0.2, 0.25) is 0 Å². The summed E-state index contributed by atoms with van der Waals surface area (Å²) in [6.07, 6.45) is 2.75. The molecule has 0 N–H and O–H groups in total. The Hall–Kier alpha value is -1.35. The van der Waals surface area contributed by atoms with Crippen LogP contribution in [-0.4, -0.2) is 25.1 Å². The fourth-order valence-electron chi connectivity index (χ4n) is 2.26. The summed E-state index contributed by atoms with van der Waals surface area (Å²) < 4.78 is 0. The number of carbonyl (C=O) groups excluding carboxylic acids is 1. The van der Waals surface area contributed by atoms with E-state index in [1.54, 1.807) is 7.05 Å². The van der Waals surface area contributed by atoms with Gasteiger partial charge in [0, 0.05) is 13.0 Å². The number of carbonyl (C=O) groups is 1. The molecule has 0 spiro atoms. The molecule has 0 heterocycles. The van der Waals surface area contributed by atoms with E-state index < -0.39 is 0 Å². The van der Waals surface area contributed by atoms with Crippen LogP contribution in [0.5, 0.6) is 0 Å². The molecule has 1 unspecified atom stereocenters. The van der Waals surface area contributed by atoms with Crippen molar-refractivity contribution >= 4 is 5.91 Å². The van der Waals surface area contributed by atoms with Crippen molar-refractivity contribution in [2.24, 2.45) is 5.92 Å². The highest BCUT2D eigenvalue weighted by Crippen LogP contribution is 2.26. The quantitative estimate of drug-likeness (QED) is 0.710. The fraction of sp³-hybridized carbons (Fsp3) is 0.462. The van der Waals surface area contributed by atoms with E-state index in [-0.39, 0.29) is 11.8 Å². The minimum atomic E-state index is 0.0693. The first kappa shape index (κ1) is 11.1. The standard InChI is InChI=1S/C13H17NO2/c1-14(16-2)13(15)12-8-7-10-5-3-4-6-11(10)9-12/h3-6,12H,7-9H2,1-2H3. The Bertz CT molecular complexity index is 389. The molecular formula is C13H17NO2. The summed E-state index contributed by atoms with van der Waals surface area (Å²) in [7, 11) is 3.19. The van der Waals surface area contributed by atoms with Crippen LogP contribution in [-0.2, 0) is 22.5 Å². The summed E-state index contributed by atoms with van der Waals surface area (Å²) in [6, 6.07) is 8.35. The van der Waals surface area contributed by atoms with Crippen molar-refractivity contribution in [3.8, 4) is 0 Å². The molecule has 1 atom stereocenters. The number of fused-ring (bicyclic) bond motifs is 1. The van der Waals surface area contributed by atoms with Gasteiger partial charge in [-0.15, -0.1) is 0 Å². The van der Waals surface area contributed by atoms with Crippen LogP contribution in [0.15, 0.2) is 24.3 Å². The summed E-state index contributed by atoms with van der Waals surface area (Å²) in [5.74, 6) is 0.150. The van der Waals surface area contributed by atoms with Crippen LogP contribution in [0, 0.1) is 5.92 Å². The highest BCUT2D eigenvalue weighted by atomic mass is 16.7. The van der Waals surface area contributed by atoms with Gasteiger partial charge in [0.1, 0.15) is 0 Å². The molecule has 0 saturated carbocycles. The molecular weight excluding hydrogens is 202 g/mol. The van der Waals surface area contributed by atoms with Gasteiger partial charge in [-0.3, -0.25) is 9.63 Å². The van der Waals surface area contributed by atoms with Crippen LogP contribution in [0.3, 0.4) is 0 Å². The number of hydrogen-bond acceptors (Lipinski definition) is 2. The fourth-order valence-corrected chi connectivity index (χ4v) is 2.26. The van der Waals surface area contributed by atoms with E-state index in [9.17, 15) is 4.79 Å². The van der Waals surface area contributed by atoms with E-state index in [2.05, 4.69) is 18.2 Å². The number of amides is 1. The third-order valence-electron chi connectivity index (χ3n) is 3.28. The molecule has 1 aliphatic carbocycles. The van der Waals surface area contributed by atoms with Gasteiger partial charge >= 0.3 is 0 Å². The van der Waals surface area contributed by atoms with Crippen molar-refractivity contribution in [2.75, 3.05) is 14.2 Å². The summed E-state index contributed by atoms with van der Waals surface area (Å²) in [6.45, 7) is 0. The van der Waals surface area contributed by atoms with Gasteiger partial charge in [0.2, 0.25) is 5.91 Å². The molecule has 3 nitrogen and oxygen atoms in total. The summed E-state index contributed by atoms with van der Waals surface area (Å²) in [5, 5.41) is 1.33. The van der Waals surface area contributed by atoms with Crippen LogP contribution in [0.4, 0.5) is 0 Å². The largest absolute Gasteiger partial charge is 0.275 e. The number of rotatable bonds is 2. The second kappa shape index (κ2) is 4.66. The topological polar surface area (TPSA) is 29.5 Å². The van der Waals surface area contributed by atoms with Crippen molar-refractivity contribution in [3.63, 3.8) is 0 Å². The van der Waals surface area contributed by atoms with E-state index in [1.807, 2.05) is 6.07 Å². The Morgan fingerprint density at radius 1 is 1.38 bits per heavy atom. The number of benzene rings is 1. The predicted molar refractivity (Wildman–Crippen MR) is 61.7 cm³/mol. The van der Waals surface area contributed by atoms with Gasteiger partial charge in [0.05, 0.1) is 7.11 Å². The molecule has 1 amide bonds. The number of hydroxylamine groups is 2. The lowest BCUT2D eigenvalue weighted by atomic mass is 9.83. The summed E-state index contributed by atoms with van der Waals surface area (Å²) in [5.41, 5.74) is 2.68. The molecule has 0 saturated heterocycles. The lowest BCUT2D eigenvalue weighted by molar-refractivity contribution is -0.173. The Kier molecular flexibility index (Phi) is 3.25. The number of nitrogens with zero attached hydrogens (tertiary/aromatic N) is 1. The molecule has 0 fully saturated rings. The van der Waals surface area contributed by atoms with Gasteiger partial charge in [-0.2, -0.15) is 0 Å². The molecule has 1 aromatic carbocycles. The average molecular weight is 219 g/mol. The van der Waals surface area contributed by atoms with E-state index in [4.69, 9.17) is 4.84 Å². The van der Waals surface area contributed by atoms with E-state index in [0.717, 1.165) is 19.3 Å². The normalized spacial score (nSPS) is 19.0. The van der Waals surface area contributed by atoms with Crippen molar-refractivity contribution in [2.45, 2.75) is 19.3 Å². The summed E-state index contributed by atoms with van der Waals surface area (Å²) >= 11 is 0. The lowest BCUT2D eigenvalue weighted by Gasteiger charge is -2.26. The third-order valence-corrected chi connectivity index (χ3v) is 3.28. The van der Waals surface area contributed by atoms with Gasteiger partial charge in [-0.05, 0) is 30.4 Å². The molecule has 1 aliphatic rings. The van der Waals surface area contributed by atoms with E-state index in [0.29, 0.717) is 0 Å². The smallest absolute Gasteiger partial charge is 0.249 e. The Morgan fingerprint density at radius 3 is 2.75 bits per heavy atom. The number of hydrogen-bond donors (Lipinski definition) is 0. The Labute approximate surface area is 96.0 Å². The van der Waals surface area contributed by atoms with Crippen LogP contribution in [0.1, 0.15) is 17.5 Å². The van der Waals surface area contributed by atoms with Gasteiger partial charge in [-0.1, -0.05) is 24.3 Å². The second-order valence-electron chi connectivity index (χ2n) is 4.23. The minimum absolute atomic E-state index is 0.0693. The maximum absolute atomic E-state index is 11.9. The molecule has 1 aromatic rings. The molecule has 0 bridgehead atoms. The van der Waals surface area contributed by atoms with Crippen molar-refractivity contribution in [1.29, 1.82) is 0 Å². The van der Waals surface area contributed by atoms with Crippen LogP contribution >= 0.6 is 0 Å². The zero-order valence-electron chi connectivity index (χ0n) is 9.77. The third kappa shape index (κ3) is 2.09. The Morgan fingerprint density at radius 2 is 2.06 bits per heavy atom. The molecule has 0 aromatic heterocycles. The van der Waals surface area contributed by atoms with Crippen LogP contribution < -0.4 is 0 Å². The maximum atomic E-state index is 11.9. The molecule has 16 heavy (non-hydrogen) atoms. The van der Waals surface area contributed by atoms with E-state index in [1.165, 1.54) is 23.3 Å². The highest BCUT2D eigenvalue weighted by Gasteiger charge is 2.26. The average Bonchev–Trinajstić information content (AvgIpc) is 2.36. The van der Waals surface area contributed by atoms with Crippen LogP contribution in [0.25, 0.3) is 0 Å². The monoisotopic (exact) mass is 219 g/mol. The molecule has 3 heteroatoms. The number of aryl methyl sites for hydroxylation is 1. The predicted octanol–water partition coefficient (Wildman–Crippen LogP) is 1.81. The van der Waals surface area contributed by atoms with Crippen molar-refractivity contribution < 1.29 is 9.63 Å². The van der Waals surface area contributed by atoms with Gasteiger partial charge in [0.25, 0.3) is 0 Å². The van der Waals surface area contributed by atoms with Crippen molar-refractivity contribution in [3.05, 3.63) is 35.4 Å². The minimum Gasteiger partial charge on any atom is -0.275 e. The SMILES string of the molecule is CON(C)C(=O)C1CCc2ccccc2C1. The van der Waals surface area contributed by atoms with E-state index >= 15 is 0 Å². The van der Waals surface area contributed by atoms with Crippen molar-refractivity contribution in [1.82, 2.24) is 5.06 Å². The van der Waals surface area contributed by atoms with Gasteiger partial charge in [0.15, 0.2) is 0 Å². The highest BCUT2D eigenvalue weighted by molar-refractivity contribution is 5.78. The first-order chi connectivity index (χ1) is 7.72. The first-order valence-electron chi connectivity index (χ1n) is 5.61. The Balaban J connectivity index is 2.11. The van der Waals surface area contributed by atoms with Gasteiger partial charge in [-0.25, -0.2) is 5.06 Å². The second-order valence-corrected chi connectivity index (χ2v) is 4.23. The molecule has 0 aliphatic heterocycles. The zero-order chi connectivity index (χ0) is 11.5. The zero-order valence-corrected chi connectivity index (χ0v) is 9.77.